The average Bonchev–Trinajstić information content (AvgIpc) is 2.68. The number of sulfonamides is 1. The van der Waals surface area contributed by atoms with Crippen molar-refractivity contribution < 1.29 is 13.3 Å². The minimum atomic E-state index is -3.21. The smallest absolute Gasteiger partial charge is 0.269 e. The Balaban J connectivity index is 2.32. The summed E-state index contributed by atoms with van der Waals surface area (Å²) in [6, 6.07) is 4.41. The average molecular weight is 285 g/mol. The number of nitro groups is 1. The summed E-state index contributed by atoms with van der Waals surface area (Å²) < 4.78 is 24.9. The predicted octanol–water partition coefficient (Wildman–Crippen LogP) is 1.17. The number of hydrogen-bond acceptors (Lipinski definition) is 5. The molecule has 0 aliphatic carbocycles. The first-order valence-corrected chi connectivity index (χ1v) is 7.48. The van der Waals surface area contributed by atoms with Crippen LogP contribution in [0, 0.1) is 10.1 Å². The Kier molecular flexibility index (Phi) is 3.72. The van der Waals surface area contributed by atoms with Gasteiger partial charge in [-0.25, -0.2) is 8.42 Å². The van der Waals surface area contributed by atoms with Crippen LogP contribution in [0.3, 0.4) is 0 Å². The van der Waals surface area contributed by atoms with Crippen LogP contribution in [0.5, 0.6) is 0 Å². The summed E-state index contributed by atoms with van der Waals surface area (Å²) >= 11 is 0. The molecule has 1 N–H and O–H groups in total. The first kappa shape index (κ1) is 13.8. The molecule has 1 saturated heterocycles. The van der Waals surface area contributed by atoms with Crippen molar-refractivity contribution in [2.75, 3.05) is 24.7 Å². The zero-order valence-corrected chi connectivity index (χ0v) is 11.3. The van der Waals surface area contributed by atoms with Crippen molar-refractivity contribution in [1.29, 1.82) is 0 Å². The fourth-order valence-electron chi connectivity index (χ4n) is 2.13. The van der Waals surface area contributed by atoms with E-state index in [0.717, 1.165) is 0 Å². The fraction of sp³-hybridized carbons (Fsp3) is 0.455. The third kappa shape index (κ3) is 2.85. The first-order chi connectivity index (χ1) is 8.94. The highest BCUT2D eigenvalue weighted by Crippen LogP contribution is 2.26. The van der Waals surface area contributed by atoms with E-state index >= 15 is 0 Å². The second kappa shape index (κ2) is 5.14. The van der Waals surface area contributed by atoms with Gasteiger partial charge < -0.3 is 5.32 Å². The molecule has 0 spiro atoms. The van der Waals surface area contributed by atoms with E-state index in [2.05, 4.69) is 5.32 Å². The third-order valence-electron chi connectivity index (χ3n) is 3.12. The molecule has 1 aromatic carbocycles. The van der Waals surface area contributed by atoms with E-state index in [4.69, 9.17) is 0 Å². The molecule has 1 aromatic rings. The van der Waals surface area contributed by atoms with Crippen LogP contribution < -0.4 is 5.32 Å². The molecule has 0 unspecified atom stereocenters. The molecule has 1 heterocycles. The van der Waals surface area contributed by atoms with Crippen LogP contribution >= 0.6 is 0 Å². The van der Waals surface area contributed by atoms with Gasteiger partial charge in [-0.15, -0.1) is 0 Å². The Morgan fingerprint density at radius 1 is 1.47 bits per heavy atom. The molecule has 0 radical (unpaired) electrons. The Labute approximate surface area is 111 Å². The Hall–Kier alpha value is -1.67. The summed E-state index contributed by atoms with van der Waals surface area (Å²) in [6.07, 6.45) is 0.603. The predicted molar refractivity (Wildman–Crippen MR) is 71.5 cm³/mol. The standard InChI is InChI=1S/C11H15N3O4S/c1-12-11-4-3-10(14(15)16)7-9(11)8-13-5-2-6-19(13,17)18/h3-4,7,12H,2,5-6,8H2,1H3. The molecule has 8 heteroatoms. The van der Waals surface area contributed by atoms with Crippen LogP contribution in [0.4, 0.5) is 11.4 Å². The van der Waals surface area contributed by atoms with E-state index < -0.39 is 14.9 Å². The molecule has 19 heavy (non-hydrogen) atoms. The number of nitrogens with zero attached hydrogens (tertiary/aromatic N) is 2. The Bertz CT molecular complexity index is 600. The lowest BCUT2D eigenvalue weighted by Gasteiger charge is -2.16. The minimum Gasteiger partial charge on any atom is -0.388 e. The molecule has 0 amide bonds. The van der Waals surface area contributed by atoms with Crippen molar-refractivity contribution >= 4 is 21.4 Å². The first-order valence-electron chi connectivity index (χ1n) is 5.87. The lowest BCUT2D eigenvalue weighted by atomic mass is 10.1. The van der Waals surface area contributed by atoms with Crippen LogP contribution in [-0.2, 0) is 16.6 Å². The highest BCUT2D eigenvalue weighted by atomic mass is 32.2. The maximum absolute atomic E-state index is 11.8. The highest BCUT2D eigenvalue weighted by Gasteiger charge is 2.29. The lowest BCUT2D eigenvalue weighted by molar-refractivity contribution is -0.384. The van der Waals surface area contributed by atoms with Gasteiger partial charge in [-0.2, -0.15) is 4.31 Å². The maximum Gasteiger partial charge on any atom is 0.269 e. The van der Waals surface area contributed by atoms with Crippen molar-refractivity contribution in [2.45, 2.75) is 13.0 Å². The van der Waals surface area contributed by atoms with Gasteiger partial charge in [0, 0.05) is 38.0 Å². The molecule has 1 fully saturated rings. The van der Waals surface area contributed by atoms with Crippen molar-refractivity contribution in [3.63, 3.8) is 0 Å². The fourth-order valence-corrected chi connectivity index (χ4v) is 3.62. The summed E-state index contributed by atoms with van der Waals surface area (Å²) in [5, 5.41) is 13.7. The molecule has 0 atom stereocenters. The number of nitro benzene ring substituents is 1. The van der Waals surface area contributed by atoms with E-state index in [1.54, 1.807) is 13.1 Å². The second-order valence-corrected chi connectivity index (χ2v) is 6.44. The summed E-state index contributed by atoms with van der Waals surface area (Å²) in [4.78, 5) is 10.3. The van der Waals surface area contributed by atoms with E-state index in [0.29, 0.717) is 24.2 Å². The molecule has 1 aliphatic heterocycles. The van der Waals surface area contributed by atoms with Gasteiger partial charge in [0.05, 0.1) is 10.7 Å². The molecular formula is C11H15N3O4S. The van der Waals surface area contributed by atoms with Crippen LogP contribution in [0.15, 0.2) is 18.2 Å². The number of anilines is 1. The number of hydrogen-bond donors (Lipinski definition) is 1. The topological polar surface area (TPSA) is 92.6 Å². The van der Waals surface area contributed by atoms with Crippen LogP contribution in [0.2, 0.25) is 0 Å². The van der Waals surface area contributed by atoms with E-state index in [1.165, 1.54) is 16.4 Å². The molecule has 104 valence electrons. The molecule has 0 saturated carbocycles. The SMILES string of the molecule is CNc1ccc([N+](=O)[O-])cc1CN1CCCS1(=O)=O. The highest BCUT2D eigenvalue weighted by molar-refractivity contribution is 7.89. The number of nitrogens with one attached hydrogen (secondary N) is 1. The molecule has 1 aliphatic rings. The van der Waals surface area contributed by atoms with Crippen molar-refractivity contribution in [3.8, 4) is 0 Å². The van der Waals surface area contributed by atoms with Crippen LogP contribution in [-0.4, -0.2) is 37.0 Å². The van der Waals surface area contributed by atoms with Gasteiger partial charge in [-0.05, 0) is 18.1 Å². The van der Waals surface area contributed by atoms with Gasteiger partial charge in [0.15, 0.2) is 0 Å². The zero-order chi connectivity index (χ0) is 14.0. The Morgan fingerprint density at radius 3 is 2.74 bits per heavy atom. The Morgan fingerprint density at radius 2 is 2.21 bits per heavy atom. The maximum atomic E-state index is 11.8. The lowest BCUT2D eigenvalue weighted by Crippen LogP contribution is -2.25. The van der Waals surface area contributed by atoms with Crippen LogP contribution in [0.1, 0.15) is 12.0 Å². The van der Waals surface area contributed by atoms with Gasteiger partial charge in [-0.3, -0.25) is 10.1 Å². The minimum absolute atomic E-state index is 0.0365. The third-order valence-corrected chi connectivity index (χ3v) is 5.02. The number of non-ortho nitro benzene ring substituents is 1. The molecule has 0 aromatic heterocycles. The van der Waals surface area contributed by atoms with Gasteiger partial charge in [0.2, 0.25) is 10.0 Å². The van der Waals surface area contributed by atoms with Crippen molar-refractivity contribution in [1.82, 2.24) is 4.31 Å². The molecule has 7 nitrogen and oxygen atoms in total. The monoisotopic (exact) mass is 285 g/mol. The second-order valence-electron chi connectivity index (χ2n) is 4.35. The van der Waals surface area contributed by atoms with Crippen molar-refractivity contribution in [3.05, 3.63) is 33.9 Å². The van der Waals surface area contributed by atoms with Gasteiger partial charge in [0.25, 0.3) is 5.69 Å². The van der Waals surface area contributed by atoms with Crippen LogP contribution in [0.25, 0.3) is 0 Å². The zero-order valence-electron chi connectivity index (χ0n) is 10.5. The molecule has 0 bridgehead atoms. The summed E-state index contributed by atoms with van der Waals surface area (Å²) in [5.74, 6) is 0.150. The summed E-state index contributed by atoms with van der Waals surface area (Å²) in [5.41, 5.74) is 1.28. The normalized spacial score (nSPS) is 18.4. The van der Waals surface area contributed by atoms with E-state index in [-0.39, 0.29) is 18.0 Å². The summed E-state index contributed by atoms with van der Waals surface area (Å²) in [7, 11) is -1.51. The van der Waals surface area contributed by atoms with Gasteiger partial charge >= 0.3 is 0 Å². The molecule has 2 rings (SSSR count). The number of rotatable bonds is 4. The number of benzene rings is 1. The summed E-state index contributed by atoms with van der Waals surface area (Å²) in [6.45, 7) is 0.633. The van der Waals surface area contributed by atoms with E-state index in [9.17, 15) is 18.5 Å². The quantitative estimate of drug-likeness (QED) is 0.662. The largest absolute Gasteiger partial charge is 0.388 e. The van der Waals surface area contributed by atoms with Crippen molar-refractivity contribution in [2.24, 2.45) is 0 Å². The van der Waals surface area contributed by atoms with Gasteiger partial charge in [0.1, 0.15) is 0 Å². The molecular weight excluding hydrogens is 270 g/mol. The van der Waals surface area contributed by atoms with Gasteiger partial charge in [-0.1, -0.05) is 0 Å². The van der Waals surface area contributed by atoms with E-state index in [1.807, 2.05) is 0 Å².